The minimum atomic E-state index is 0.0928. The van der Waals surface area contributed by atoms with E-state index in [0.29, 0.717) is 17.9 Å². The van der Waals surface area contributed by atoms with Crippen LogP contribution < -0.4 is 5.73 Å². The lowest BCUT2D eigenvalue weighted by atomic mass is 9.80. The van der Waals surface area contributed by atoms with Crippen molar-refractivity contribution in [2.75, 3.05) is 6.61 Å². The molecule has 16 heavy (non-hydrogen) atoms. The van der Waals surface area contributed by atoms with E-state index in [-0.39, 0.29) is 12.1 Å². The first-order valence-corrected chi connectivity index (χ1v) is 6.33. The molecule has 92 valence electrons. The normalized spacial score (nSPS) is 41.4. The second-order valence-electron chi connectivity index (χ2n) is 5.18. The predicted octanol–water partition coefficient (Wildman–Crippen LogP) is 2.07. The van der Waals surface area contributed by atoms with Gasteiger partial charge in [-0.05, 0) is 38.2 Å². The molecule has 1 fully saturated rings. The highest BCUT2D eigenvalue weighted by atomic mass is 16.5. The van der Waals surface area contributed by atoms with E-state index in [2.05, 4.69) is 20.8 Å². The van der Waals surface area contributed by atoms with Crippen LogP contribution in [0.15, 0.2) is 11.8 Å². The first-order valence-electron chi connectivity index (χ1n) is 6.33. The first kappa shape index (κ1) is 11.9. The maximum Gasteiger partial charge on any atom is 0.0876 e. The standard InChI is InChI=1S/C13H23NO2/c1-8-9(2)16-10(3)12(8)13(14)11-5-4-6-15-7-11/h7-10,12-13H,4-6,14H2,1-3H3. The zero-order valence-electron chi connectivity index (χ0n) is 10.5. The Kier molecular flexibility index (Phi) is 3.55. The lowest BCUT2D eigenvalue weighted by Crippen LogP contribution is -2.39. The van der Waals surface area contributed by atoms with Gasteiger partial charge in [-0.2, -0.15) is 0 Å². The fourth-order valence-corrected chi connectivity index (χ4v) is 2.99. The van der Waals surface area contributed by atoms with Gasteiger partial charge in [-0.1, -0.05) is 6.92 Å². The number of nitrogens with two attached hydrogens (primary N) is 1. The minimum Gasteiger partial charge on any atom is -0.501 e. The molecule has 0 aliphatic carbocycles. The molecule has 3 heteroatoms. The van der Waals surface area contributed by atoms with Crippen LogP contribution >= 0.6 is 0 Å². The summed E-state index contributed by atoms with van der Waals surface area (Å²) in [5.41, 5.74) is 7.63. The van der Waals surface area contributed by atoms with Gasteiger partial charge in [0.1, 0.15) is 0 Å². The van der Waals surface area contributed by atoms with Gasteiger partial charge in [0.2, 0.25) is 0 Å². The zero-order valence-corrected chi connectivity index (χ0v) is 10.5. The summed E-state index contributed by atoms with van der Waals surface area (Å²) in [6.07, 6.45) is 4.60. The highest BCUT2D eigenvalue weighted by molar-refractivity contribution is 5.13. The van der Waals surface area contributed by atoms with Crippen LogP contribution in [0.25, 0.3) is 0 Å². The summed E-state index contributed by atoms with van der Waals surface area (Å²) in [5, 5.41) is 0. The molecule has 2 aliphatic rings. The second kappa shape index (κ2) is 4.76. The molecule has 2 rings (SSSR count). The molecule has 1 saturated heterocycles. The van der Waals surface area contributed by atoms with Gasteiger partial charge in [-0.15, -0.1) is 0 Å². The maximum absolute atomic E-state index is 6.37. The Bertz CT molecular complexity index is 277. The molecule has 5 atom stereocenters. The van der Waals surface area contributed by atoms with Crippen molar-refractivity contribution in [1.29, 1.82) is 0 Å². The van der Waals surface area contributed by atoms with Crippen molar-refractivity contribution in [2.45, 2.75) is 51.9 Å². The van der Waals surface area contributed by atoms with Crippen molar-refractivity contribution in [2.24, 2.45) is 17.6 Å². The quantitative estimate of drug-likeness (QED) is 0.782. The summed E-state index contributed by atoms with van der Waals surface area (Å²) in [7, 11) is 0. The Hall–Kier alpha value is -0.540. The number of hydrogen-bond donors (Lipinski definition) is 1. The van der Waals surface area contributed by atoms with Crippen LogP contribution in [0.1, 0.15) is 33.6 Å². The smallest absolute Gasteiger partial charge is 0.0876 e. The lowest BCUT2D eigenvalue weighted by Gasteiger charge is -2.29. The maximum atomic E-state index is 6.37. The van der Waals surface area contributed by atoms with Gasteiger partial charge in [0.25, 0.3) is 0 Å². The Morgan fingerprint density at radius 2 is 2.06 bits per heavy atom. The van der Waals surface area contributed by atoms with Gasteiger partial charge in [-0.25, -0.2) is 0 Å². The van der Waals surface area contributed by atoms with Crippen LogP contribution in [-0.2, 0) is 9.47 Å². The number of hydrogen-bond acceptors (Lipinski definition) is 3. The highest BCUT2D eigenvalue weighted by Gasteiger charge is 2.41. The SMILES string of the molecule is CC1OC(C)C(C(N)C2=COCCC2)C1C. The van der Waals surface area contributed by atoms with E-state index in [1.165, 1.54) is 5.57 Å². The molecule has 2 N–H and O–H groups in total. The summed E-state index contributed by atoms with van der Waals surface area (Å²) in [4.78, 5) is 0. The van der Waals surface area contributed by atoms with Gasteiger partial charge in [0.15, 0.2) is 0 Å². The van der Waals surface area contributed by atoms with E-state index in [1.807, 2.05) is 6.26 Å². The Labute approximate surface area is 98.0 Å². The second-order valence-corrected chi connectivity index (χ2v) is 5.18. The van der Waals surface area contributed by atoms with E-state index in [9.17, 15) is 0 Å². The van der Waals surface area contributed by atoms with E-state index in [1.54, 1.807) is 0 Å². The van der Waals surface area contributed by atoms with E-state index in [0.717, 1.165) is 19.4 Å². The van der Waals surface area contributed by atoms with Crippen LogP contribution in [0.4, 0.5) is 0 Å². The molecular formula is C13H23NO2. The molecule has 5 unspecified atom stereocenters. The van der Waals surface area contributed by atoms with Crippen LogP contribution in [0.2, 0.25) is 0 Å². The van der Waals surface area contributed by atoms with Crippen molar-refractivity contribution >= 4 is 0 Å². The van der Waals surface area contributed by atoms with Crippen molar-refractivity contribution in [3.8, 4) is 0 Å². The molecular weight excluding hydrogens is 202 g/mol. The van der Waals surface area contributed by atoms with Gasteiger partial charge >= 0.3 is 0 Å². The van der Waals surface area contributed by atoms with Crippen molar-refractivity contribution in [1.82, 2.24) is 0 Å². The summed E-state index contributed by atoms with van der Waals surface area (Å²) in [6.45, 7) is 7.34. The van der Waals surface area contributed by atoms with Crippen LogP contribution in [0.3, 0.4) is 0 Å². The van der Waals surface area contributed by atoms with Crippen molar-refractivity contribution in [3.05, 3.63) is 11.8 Å². The van der Waals surface area contributed by atoms with Gasteiger partial charge in [0, 0.05) is 12.0 Å². The molecule has 2 heterocycles. The molecule has 3 nitrogen and oxygen atoms in total. The topological polar surface area (TPSA) is 44.5 Å². The summed E-state index contributed by atoms with van der Waals surface area (Å²) >= 11 is 0. The van der Waals surface area contributed by atoms with E-state index in [4.69, 9.17) is 15.2 Å². The van der Waals surface area contributed by atoms with Crippen LogP contribution in [0, 0.1) is 11.8 Å². The largest absolute Gasteiger partial charge is 0.501 e. The van der Waals surface area contributed by atoms with E-state index < -0.39 is 0 Å². The Morgan fingerprint density at radius 1 is 1.31 bits per heavy atom. The lowest BCUT2D eigenvalue weighted by molar-refractivity contribution is 0.0496. The molecule has 0 amide bonds. The third-order valence-electron chi connectivity index (χ3n) is 4.12. The minimum absolute atomic E-state index is 0.0928. The van der Waals surface area contributed by atoms with Gasteiger partial charge in [-0.3, -0.25) is 0 Å². The van der Waals surface area contributed by atoms with Crippen molar-refractivity contribution in [3.63, 3.8) is 0 Å². The monoisotopic (exact) mass is 225 g/mol. The summed E-state index contributed by atoms with van der Waals surface area (Å²) in [6, 6.07) is 0.0928. The van der Waals surface area contributed by atoms with Crippen LogP contribution in [0.5, 0.6) is 0 Å². The third-order valence-corrected chi connectivity index (χ3v) is 4.12. The fraction of sp³-hybridized carbons (Fsp3) is 0.846. The summed E-state index contributed by atoms with van der Waals surface area (Å²) in [5.74, 6) is 0.941. The van der Waals surface area contributed by atoms with E-state index >= 15 is 0 Å². The molecule has 0 aromatic carbocycles. The Balaban J connectivity index is 2.08. The summed E-state index contributed by atoms with van der Waals surface area (Å²) < 4.78 is 11.2. The zero-order chi connectivity index (χ0) is 11.7. The molecule has 0 bridgehead atoms. The third kappa shape index (κ3) is 2.11. The average Bonchev–Trinajstić information content (AvgIpc) is 2.54. The molecule has 0 aromatic rings. The number of rotatable bonds is 2. The predicted molar refractivity (Wildman–Crippen MR) is 63.9 cm³/mol. The average molecular weight is 225 g/mol. The molecule has 2 aliphatic heterocycles. The van der Waals surface area contributed by atoms with Gasteiger partial charge < -0.3 is 15.2 Å². The first-order chi connectivity index (χ1) is 7.61. The Morgan fingerprint density at radius 3 is 2.56 bits per heavy atom. The van der Waals surface area contributed by atoms with Crippen molar-refractivity contribution < 1.29 is 9.47 Å². The molecule has 0 aromatic heterocycles. The number of ether oxygens (including phenoxy) is 2. The molecule has 0 saturated carbocycles. The van der Waals surface area contributed by atoms with Gasteiger partial charge in [0.05, 0.1) is 25.1 Å². The molecule has 0 spiro atoms. The highest BCUT2D eigenvalue weighted by Crippen LogP contribution is 2.36. The fourth-order valence-electron chi connectivity index (χ4n) is 2.99. The molecule has 0 radical (unpaired) electrons. The van der Waals surface area contributed by atoms with Crippen LogP contribution in [-0.4, -0.2) is 24.9 Å².